The Morgan fingerprint density at radius 2 is 1.62 bits per heavy atom. The Kier molecular flexibility index (Phi) is 9.29. The number of fused-ring (bicyclic) bond motifs is 2. The maximum absolute atomic E-state index is 13.8. The molecule has 6 aromatic rings. The van der Waals surface area contributed by atoms with Crippen LogP contribution >= 0.6 is 0 Å². The molecule has 3 N–H and O–H groups in total. The van der Waals surface area contributed by atoms with Crippen LogP contribution in [-0.4, -0.2) is 51.6 Å². The maximum atomic E-state index is 13.8. The van der Waals surface area contributed by atoms with Gasteiger partial charge in [-0.05, 0) is 67.4 Å². The smallest absolute Gasteiger partial charge is 0.324 e. The molecule has 4 amide bonds. The Bertz CT molecular complexity index is 2470. The molecule has 0 bridgehead atoms. The molecule has 0 saturated carbocycles. The molecule has 0 aliphatic carbocycles. The van der Waals surface area contributed by atoms with E-state index >= 15 is 0 Å². The lowest BCUT2D eigenvalue weighted by molar-refractivity contribution is -0.117. The summed E-state index contributed by atoms with van der Waals surface area (Å²) >= 11 is 0. The molecular formula is C43H37N9O3. The summed E-state index contributed by atoms with van der Waals surface area (Å²) in [4.78, 5) is 62.7. The number of carbonyl (C=O) groups is 3. The molecule has 1 unspecified atom stereocenters. The summed E-state index contributed by atoms with van der Waals surface area (Å²) in [6.07, 6.45) is 3.84. The number of benzodiazepines with no additional fused rings is 1. The van der Waals surface area contributed by atoms with Crippen LogP contribution in [-0.2, 0) is 17.8 Å². The van der Waals surface area contributed by atoms with Gasteiger partial charge in [0, 0.05) is 53.3 Å². The van der Waals surface area contributed by atoms with Crippen LogP contribution < -0.4 is 25.8 Å². The summed E-state index contributed by atoms with van der Waals surface area (Å²) in [5.41, 5.74) is 8.48. The van der Waals surface area contributed by atoms with Crippen molar-refractivity contribution in [1.82, 2.24) is 15.0 Å². The van der Waals surface area contributed by atoms with Crippen molar-refractivity contribution in [3.63, 3.8) is 0 Å². The maximum Gasteiger partial charge on any atom is 0.330 e. The average Bonchev–Trinajstić information content (AvgIpc) is 3.34. The van der Waals surface area contributed by atoms with Crippen molar-refractivity contribution in [3.8, 4) is 0 Å². The first kappa shape index (κ1) is 34.9. The Morgan fingerprint density at radius 1 is 0.855 bits per heavy atom. The van der Waals surface area contributed by atoms with Gasteiger partial charge in [0.1, 0.15) is 11.9 Å². The van der Waals surface area contributed by atoms with Gasteiger partial charge in [-0.25, -0.2) is 9.78 Å². The van der Waals surface area contributed by atoms with Crippen LogP contribution in [0.4, 0.5) is 39.3 Å². The van der Waals surface area contributed by atoms with Crippen molar-refractivity contribution in [2.45, 2.75) is 32.9 Å². The topological polar surface area (TPSA) is 145 Å². The fraction of sp³-hybridized carbons (Fsp3) is 0.140. The van der Waals surface area contributed by atoms with Gasteiger partial charge in [-0.2, -0.15) is 4.98 Å². The van der Waals surface area contributed by atoms with Crippen LogP contribution in [0.5, 0.6) is 0 Å². The quantitative estimate of drug-likeness (QED) is 0.148. The minimum Gasteiger partial charge on any atom is -0.324 e. The summed E-state index contributed by atoms with van der Waals surface area (Å²) < 4.78 is 0. The molecule has 2 aliphatic heterocycles. The molecule has 272 valence electrons. The fourth-order valence-corrected chi connectivity index (χ4v) is 6.71. The number of carbonyl (C=O) groups excluding carboxylic acids is 3. The van der Waals surface area contributed by atoms with E-state index in [1.165, 1.54) is 4.90 Å². The normalized spacial score (nSPS) is 15.0. The Hall–Kier alpha value is -7.21. The van der Waals surface area contributed by atoms with Gasteiger partial charge in [-0.15, -0.1) is 0 Å². The van der Waals surface area contributed by atoms with E-state index in [0.717, 1.165) is 39.2 Å². The number of amides is 4. The van der Waals surface area contributed by atoms with Crippen molar-refractivity contribution in [3.05, 3.63) is 161 Å². The molecule has 2 aromatic heterocycles. The molecule has 12 heteroatoms. The highest BCUT2D eigenvalue weighted by molar-refractivity contribution is 6.20. The fourth-order valence-electron chi connectivity index (χ4n) is 6.71. The second-order valence-corrected chi connectivity index (χ2v) is 13.5. The van der Waals surface area contributed by atoms with Crippen molar-refractivity contribution in [2.75, 3.05) is 32.8 Å². The highest BCUT2D eigenvalue weighted by Crippen LogP contribution is 2.34. The number of benzene rings is 4. The van der Waals surface area contributed by atoms with Gasteiger partial charge in [0.2, 0.25) is 11.9 Å². The van der Waals surface area contributed by atoms with E-state index in [-0.39, 0.29) is 24.4 Å². The van der Waals surface area contributed by atoms with Crippen molar-refractivity contribution >= 4 is 58.1 Å². The number of anilines is 6. The molecule has 2 aliphatic rings. The number of aliphatic imine (C=N–C) groups is 1. The van der Waals surface area contributed by atoms with E-state index in [1.54, 1.807) is 48.6 Å². The third-order valence-electron chi connectivity index (χ3n) is 9.63. The number of urea groups is 1. The lowest BCUT2D eigenvalue weighted by Gasteiger charge is -2.35. The number of aromatic nitrogens is 3. The summed E-state index contributed by atoms with van der Waals surface area (Å²) in [7, 11) is 1.67. The lowest BCUT2D eigenvalue weighted by atomic mass is 9.98. The van der Waals surface area contributed by atoms with Gasteiger partial charge in [0.15, 0.2) is 0 Å². The molecule has 0 fully saturated rings. The number of hydrogen-bond donors (Lipinski definition) is 3. The van der Waals surface area contributed by atoms with Crippen LogP contribution in [0.25, 0.3) is 0 Å². The van der Waals surface area contributed by atoms with Gasteiger partial charge in [-0.3, -0.25) is 29.4 Å². The SMILES string of the molecule is Cc1ccc(Nc2ncc3c(n2)N(C)C(=O)N(c2cc(NC(=O)c4ccc5c(c4)NC(=O)C(Cc4ccccc4)N=C5c4ccccc4)ccc2C)C3)cn1. The molecule has 12 nitrogen and oxygen atoms in total. The molecule has 4 heterocycles. The van der Waals surface area contributed by atoms with Gasteiger partial charge < -0.3 is 16.0 Å². The Morgan fingerprint density at radius 3 is 2.38 bits per heavy atom. The predicted octanol–water partition coefficient (Wildman–Crippen LogP) is 7.46. The Labute approximate surface area is 318 Å². The molecule has 0 radical (unpaired) electrons. The van der Waals surface area contributed by atoms with Crippen LogP contribution in [0.1, 0.15) is 43.9 Å². The summed E-state index contributed by atoms with van der Waals surface area (Å²) in [6.45, 7) is 4.06. The third-order valence-corrected chi connectivity index (χ3v) is 9.63. The zero-order chi connectivity index (χ0) is 38.1. The molecule has 4 aromatic carbocycles. The number of rotatable bonds is 8. The number of nitrogens with zero attached hydrogens (tertiary/aromatic N) is 6. The molecule has 0 saturated heterocycles. The minimum absolute atomic E-state index is 0.240. The van der Waals surface area contributed by atoms with Crippen molar-refractivity contribution in [2.24, 2.45) is 4.99 Å². The highest BCUT2D eigenvalue weighted by Gasteiger charge is 2.32. The van der Waals surface area contributed by atoms with E-state index < -0.39 is 6.04 Å². The number of pyridine rings is 1. The first-order chi connectivity index (χ1) is 26.7. The van der Waals surface area contributed by atoms with Gasteiger partial charge in [0.25, 0.3) is 5.91 Å². The minimum atomic E-state index is -0.668. The standard InChI is InChI=1S/C43H37N9O3/c1-26-14-17-32(22-37(26)52-25-31-23-45-42(50-39(31)51(3)43(52)55)47-33-18-15-27(2)44-24-33)46-40(53)30-16-19-34-35(21-30)49-41(54)36(20-28-10-6-4-7-11-28)48-38(34)29-12-8-5-9-13-29/h4-19,21-24,36H,20,25H2,1-3H3,(H,46,53)(H,49,54)(H,45,47,50). The summed E-state index contributed by atoms with van der Waals surface area (Å²) in [5.74, 6) is 0.227. The van der Waals surface area contributed by atoms with Gasteiger partial charge in [-0.1, -0.05) is 66.7 Å². The number of hydrogen-bond acceptors (Lipinski definition) is 8. The molecule has 55 heavy (non-hydrogen) atoms. The van der Waals surface area contributed by atoms with Crippen molar-refractivity contribution in [1.29, 1.82) is 0 Å². The third kappa shape index (κ3) is 7.25. The molecule has 8 rings (SSSR count). The predicted molar refractivity (Wildman–Crippen MR) is 214 cm³/mol. The largest absolute Gasteiger partial charge is 0.330 e. The summed E-state index contributed by atoms with van der Waals surface area (Å²) in [5, 5.41) is 9.18. The zero-order valence-electron chi connectivity index (χ0n) is 30.4. The molecule has 0 spiro atoms. The van der Waals surface area contributed by atoms with Gasteiger partial charge in [0.05, 0.1) is 35.5 Å². The number of aryl methyl sites for hydroxylation is 2. The van der Waals surface area contributed by atoms with Crippen LogP contribution in [0.3, 0.4) is 0 Å². The lowest BCUT2D eigenvalue weighted by Crippen LogP contribution is -2.46. The average molecular weight is 728 g/mol. The first-order valence-electron chi connectivity index (χ1n) is 17.9. The molecule has 1 atom stereocenters. The van der Waals surface area contributed by atoms with E-state index in [9.17, 15) is 14.4 Å². The van der Waals surface area contributed by atoms with E-state index in [2.05, 4.69) is 30.9 Å². The van der Waals surface area contributed by atoms with E-state index in [0.29, 0.717) is 46.5 Å². The highest BCUT2D eigenvalue weighted by atomic mass is 16.2. The second-order valence-electron chi connectivity index (χ2n) is 13.5. The molecular weight excluding hydrogens is 691 g/mol. The second kappa shape index (κ2) is 14.7. The van der Waals surface area contributed by atoms with Crippen LogP contribution in [0.2, 0.25) is 0 Å². The van der Waals surface area contributed by atoms with E-state index in [4.69, 9.17) is 4.99 Å². The van der Waals surface area contributed by atoms with Crippen molar-refractivity contribution < 1.29 is 14.4 Å². The summed E-state index contributed by atoms with van der Waals surface area (Å²) in [6, 6.07) is 33.0. The van der Waals surface area contributed by atoms with E-state index in [1.807, 2.05) is 98.8 Å². The Balaban J connectivity index is 1.03. The van der Waals surface area contributed by atoms with Gasteiger partial charge >= 0.3 is 6.03 Å². The van der Waals surface area contributed by atoms with Crippen LogP contribution in [0, 0.1) is 13.8 Å². The monoisotopic (exact) mass is 727 g/mol. The number of nitrogens with one attached hydrogen (secondary N) is 3. The van der Waals surface area contributed by atoms with Crippen LogP contribution in [0.15, 0.2) is 127 Å². The zero-order valence-corrected chi connectivity index (χ0v) is 30.4. The first-order valence-corrected chi connectivity index (χ1v) is 17.9.